The predicted molar refractivity (Wildman–Crippen MR) is 103 cm³/mol. The molecule has 2 fully saturated rings. The van der Waals surface area contributed by atoms with Crippen molar-refractivity contribution >= 4 is 27.4 Å². The summed E-state index contributed by atoms with van der Waals surface area (Å²) in [6.45, 7) is 1.71. The summed E-state index contributed by atoms with van der Waals surface area (Å²) in [6, 6.07) is -0.501. The summed E-state index contributed by atoms with van der Waals surface area (Å²) in [7, 11) is -3.16. The van der Waals surface area contributed by atoms with Gasteiger partial charge in [-0.1, -0.05) is 24.4 Å². The van der Waals surface area contributed by atoms with E-state index in [-0.39, 0.29) is 41.9 Å². The molecule has 11 heteroatoms. The number of nitrogens with one attached hydrogen (secondary N) is 1. The third-order valence-electron chi connectivity index (χ3n) is 5.89. The van der Waals surface area contributed by atoms with Crippen molar-refractivity contribution in [2.45, 2.75) is 69.9 Å². The van der Waals surface area contributed by atoms with Gasteiger partial charge in [0.25, 0.3) is 5.91 Å². The van der Waals surface area contributed by atoms with Crippen LogP contribution in [0.5, 0.6) is 0 Å². The van der Waals surface area contributed by atoms with Gasteiger partial charge in [0.2, 0.25) is 11.8 Å². The Bertz CT molecular complexity index is 948. The fraction of sp³-hybridized carbons (Fsp3) is 0.722. The van der Waals surface area contributed by atoms with Crippen molar-refractivity contribution in [2.24, 2.45) is 5.10 Å². The first kappa shape index (κ1) is 20.0. The monoisotopic (exact) mass is 423 g/mol. The smallest absolute Gasteiger partial charge is 0.268 e. The molecule has 0 radical (unpaired) electrons. The molecule has 0 spiro atoms. The fourth-order valence-corrected chi connectivity index (χ4v) is 6.02. The zero-order valence-electron chi connectivity index (χ0n) is 16.4. The molecule has 3 aliphatic rings. The lowest BCUT2D eigenvalue weighted by Crippen LogP contribution is -2.52. The average molecular weight is 423 g/mol. The van der Waals surface area contributed by atoms with Crippen molar-refractivity contribution < 1.29 is 22.5 Å². The largest absolute Gasteiger partial charge is 0.340 e. The third-order valence-corrected chi connectivity index (χ3v) is 7.64. The van der Waals surface area contributed by atoms with Gasteiger partial charge in [0, 0.05) is 19.8 Å². The number of rotatable bonds is 4. The van der Waals surface area contributed by atoms with Crippen LogP contribution in [-0.2, 0) is 25.0 Å². The minimum Gasteiger partial charge on any atom is -0.340 e. The molecule has 3 heterocycles. The minimum absolute atomic E-state index is 0.0405. The molecular formula is C18H25N5O5S. The first-order chi connectivity index (χ1) is 13.8. The number of carbonyl (C=O) groups is 2. The summed E-state index contributed by atoms with van der Waals surface area (Å²) in [5.41, 5.74) is -0.474. The highest BCUT2D eigenvalue weighted by Gasteiger charge is 2.42. The van der Waals surface area contributed by atoms with E-state index in [9.17, 15) is 18.0 Å². The van der Waals surface area contributed by atoms with Crippen LogP contribution in [0.4, 0.5) is 0 Å². The summed E-state index contributed by atoms with van der Waals surface area (Å²) in [5.74, 6) is 0.224. The number of hydrogen-bond donors (Lipinski definition) is 1. The summed E-state index contributed by atoms with van der Waals surface area (Å²) < 4.78 is 28.7. The molecule has 10 nitrogen and oxygen atoms in total. The number of aryl methyl sites for hydroxylation is 1. The zero-order chi connectivity index (χ0) is 20.6. The van der Waals surface area contributed by atoms with Crippen LogP contribution in [0, 0.1) is 6.92 Å². The molecule has 1 aromatic rings. The van der Waals surface area contributed by atoms with E-state index in [4.69, 9.17) is 4.52 Å². The van der Waals surface area contributed by atoms with Gasteiger partial charge < -0.3 is 9.84 Å². The Hall–Kier alpha value is -2.30. The highest BCUT2D eigenvalue weighted by Crippen LogP contribution is 2.36. The molecule has 0 bridgehead atoms. The second-order valence-corrected chi connectivity index (χ2v) is 10.3. The third kappa shape index (κ3) is 4.05. The molecule has 1 aromatic heterocycles. The summed E-state index contributed by atoms with van der Waals surface area (Å²) >= 11 is 0. The van der Waals surface area contributed by atoms with Crippen LogP contribution in [-0.4, -0.2) is 58.6 Å². The molecule has 4 rings (SSSR count). The van der Waals surface area contributed by atoms with Crippen molar-refractivity contribution in [1.29, 1.82) is 0 Å². The maximum Gasteiger partial charge on any atom is 0.268 e. The molecule has 1 aliphatic carbocycles. The first-order valence-electron chi connectivity index (χ1n) is 10.0. The van der Waals surface area contributed by atoms with Crippen LogP contribution in [0.15, 0.2) is 9.62 Å². The molecule has 1 saturated carbocycles. The quantitative estimate of drug-likeness (QED) is 0.757. The van der Waals surface area contributed by atoms with E-state index in [1.165, 1.54) is 5.01 Å². The number of hydrazone groups is 1. The van der Waals surface area contributed by atoms with Crippen molar-refractivity contribution in [2.75, 3.05) is 11.5 Å². The van der Waals surface area contributed by atoms with Gasteiger partial charge in [-0.15, -0.1) is 0 Å². The molecule has 1 saturated heterocycles. The molecule has 29 heavy (non-hydrogen) atoms. The van der Waals surface area contributed by atoms with Crippen LogP contribution in [0.2, 0.25) is 0 Å². The van der Waals surface area contributed by atoms with E-state index in [1.54, 1.807) is 6.92 Å². The fourth-order valence-electron chi connectivity index (χ4n) is 4.33. The summed E-state index contributed by atoms with van der Waals surface area (Å²) in [6.07, 6.45) is 5.06. The van der Waals surface area contributed by atoms with E-state index < -0.39 is 21.4 Å². The average Bonchev–Trinajstić information content (AvgIpc) is 3.28. The lowest BCUT2D eigenvalue weighted by atomic mass is 9.80. The highest BCUT2D eigenvalue weighted by atomic mass is 32.2. The summed E-state index contributed by atoms with van der Waals surface area (Å²) in [5, 5.41) is 12.6. The predicted octanol–water partition coefficient (Wildman–Crippen LogP) is 0.819. The Kier molecular flexibility index (Phi) is 5.18. The number of aromatic nitrogens is 2. The number of sulfone groups is 1. The van der Waals surface area contributed by atoms with Gasteiger partial charge in [-0.05, 0) is 19.3 Å². The molecule has 1 N–H and O–H groups in total. The van der Waals surface area contributed by atoms with Crippen molar-refractivity contribution in [3.8, 4) is 0 Å². The molecule has 158 valence electrons. The minimum atomic E-state index is -3.16. The molecule has 0 aromatic carbocycles. The number of nitrogens with zero attached hydrogens (tertiary/aromatic N) is 4. The maximum absolute atomic E-state index is 13.1. The second-order valence-electron chi connectivity index (χ2n) is 8.08. The van der Waals surface area contributed by atoms with Crippen LogP contribution in [0.1, 0.15) is 63.1 Å². The molecule has 1 unspecified atom stereocenters. The van der Waals surface area contributed by atoms with Crippen molar-refractivity contribution in [3.63, 3.8) is 0 Å². The van der Waals surface area contributed by atoms with E-state index in [0.29, 0.717) is 31.0 Å². The molecule has 1 atom stereocenters. The number of hydrogen-bond acceptors (Lipinski definition) is 8. The van der Waals surface area contributed by atoms with Crippen LogP contribution >= 0.6 is 0 Å². The number of amides is 2. The first-order valence-corrected chi connectivity index (χ1v) is 11.8. The normalized spacial score (nSPS) is 26.2. The van der Waals surface area contributed by atoms with Gasteiger partial charge in [0.15, 0.2) is 15.7 Å². The van der Waals surface area contributed by atoms with Crippen molar-refractivity contribution in [3.05, 3.63) is 11.7 Å². The van der Waals surface area contributed by atoms with E-state index in [1.807, 2.05) is 0 Å². The Morgan fingerprint density at radius 2 is 2.00 bits per heavy atom. The van der Waals surface area contributed by atoms with Crippen LogP contribution in [0.25, 0.3) is 0 Å². The molecule has 2 aliphatic heterocycles. The highest BCUT2D eigenvalue weighted by molar-refractivity contribution is 7.91. The van der Waals surface area contributed by atoms with Gasteiger partial charge in [-0.25, -0.2) is 13.4 Å². The lowest BCUT2D eigenvalue weighted by molar-refractivity contribution is -0.133. The van der Waals surface area contributed by atoms with Crippen LogP contribution < -0.4 is 5.32 Å². The van der Waals surface area contributed by atoms with Gasteiger partial charge in [0.1, 0.15) is 11.3 Å². The SMILES string of the molecule is Cc1nc(C2(NC(=O)C3=NN(C4CCS(=O)(=O)C4)C(=O)CC3)CCCCC2)no1. The van der Waals surface area contributed by atoms with Crippen molar-refractivity contribution in [1.82, 2.24) is 20.5 Å². The van der Waals surface area contributed by atoms with Gasteiger partial charge in [-0.3, -0.25) is 9.59 Å². The Labute approximate surface area is 169 Å². The topological polar surface area (TPSA) is 135 Å². The second kappa shape index (κ2) is 7.51. The Balaban J connectivity index is 1.56. The van der Waals surface area contributed by atoms with Gasteiger partial charge >= 0.3 is 0 Å². The summed E-state index contributed by atoms with van der Waals surface area (Å²) in [4.78, 5) is 29.7. The van der Waals surface area contributed by atoms with E-state index >= 15 is 0 Å². The Morgan fingerprint density at radius 1 is 1.24 bits per heavy atom. The van der Waals surface area contributed by atoms with E-state index in [0.717, 1.165) is 19.3 Å². The van der Waals surface area contributed by atoms with Gasteiger partial charge in [0.05, 0.1) is 17.5 Å². The number of carbonyl (C=O) groups excluding carboxylic acids is 2. The maximum atomic E-state index is 13.1. The van der Waals surface area contributed by atoms with Gasteiger partial charge in [-0.2, -0.15) is 10.1 Å². The zero-order valence-corrected chi connectivity index (χ0v) is 17.2. The molecule has 2 amide bonds. The Morgan fingerprint density at radius 3 is 2.62 bits per heavy atom. The lowest BCUT2D eigenvalue weighted by Gasteiger charge is -2.36. The standard InChI is InChI=1S/C18H25N5O5S/c1-12-19-17(22-28-12)18(8-3-2-4-9-18)20-16(25)14-5-6-15(24)23(21-14)13-7-10-29(26,27)11-13/h13H,2-11H2,1H3,(H,20,25). The molecular weight excluding hydrogens is 398 g/mol. The van der Waals surface area contributed by atoms with Crippen LogP contribution in [0.3, 0.4) is 0 Å². The van der Waals surface area contributed by atoms with E-state index in [2.05, 4.69) is 20.6 Å².